The Kier molecular flexibility index (Phi) is 6.24. The molecule has 0 aliphatic carbocycles. The van der Waals surface area contributed by atoms with Crippen molar-refractivity contribution in [1.82, 2.24) is 19.8 Å². The Morgan fingerprint density at radius 3 is 2.57 bits per heavy atom. The number of amides is 1. The molecular weight excluding hydrogens is 308 g/mol. The van der Waals surface area contributed by atoms with Crippen molar-refractivity contribution in [2.75, 3.05) is 14.1 Å². The lowest BCUT2D eigenvalue weighted by atomic mass is 10.1. The van der Waals surface area contributed by atoms with E-state index in [2.05, 4.69) is 28.7 Å². The molecule has 2 aromatic rings. The van der Waals surface area contributed by atoms with Crippen molar-refractivity contribution in [2.24, 2.45) is 0 Å². The highest BCUT2D eigenvalue weighted by molar-refractivity contribution is 7.09. The third-order valence-electron chi connectivity index (χ3n) is 3.71. The fourth-order valence-corrected chi connectivity index (χ4v) is 3.12. The molecule has 23 heavy (non-hydrogen) atoms. The minimum Gasteiger partial charge on any atom is -0.330 e. The van der Waals surface area contributed by atoms with E-state index in [4.69, 9.17) is 0 Å². The quantitative estimate of drug-likeness (QED) is 0.782. The average molecular weight is 332 g/mol. The summed E-state index contributed by atoms with van der Waals surface area (Å²) in [6.45, 7) is 5.50. The van der Waals surface area contributed by atoms with Crippen LogP contribution in [-0.4, -0.2) is 45.8 Å². The van der Waals surface area contributed by atoms with Gasteiger partial charge in [-0.1, -0.05) is 6.92 Å². The van der Waals surface area contributed by atoms with Gasteiger partial charge in [0.2, 0.25) is 0 Å². The van der Waals surface area contributed by atoms with Gasteiger partial charge in [-0.15, -0.1) is 11.3 Å². The molecule has 0 aliphatic heterocycles. The predicted octanol–water partition coefficient (Wildman–Crippen LogP) is 3.04. The van der Waals surface area contributed by atoms with Crippen LogP contribution < -0.4 is 0 Å². The molecule has 5 nitrogen and oxygen atoms in total. The molecule has 0 saturated carbocycles. The first-order valence-electron chi connectivity index (χ1n) is 7.80. The second kappa shape index (κ2) is 8.17. The first-order chi connectivity index (χ1) is 11.0. The number of carbonyl (C=O) groups excluding carboxylic acids is 1. The standard InChI is InChI=1S/C17H24N4OS/c1-5-13(2)21(10-14-6-8-18-9-7-14)17(22)15-12-23-16(19-15)11-20(3)4/h6-9,12-13H,5,10-11H2,1-4H3. The molecule has 0 aliphatic rings. The van der Waals surface area contributed by atoms with E-state index in [0.29, 0.717) is 12.2 Å². The lowest BCUT2D eigenvalue weighted by Crippen LogP contribution is -2.38. The maximum Gasteiger partial charge on any atom is 0.273 e. The monoisotopic (exact) mass is 332 g/mol. The second-order valence-corrected chi connectivity index (χ2v) is 6.85. The van der Waals surface area contributed by atoms with Crippen LogP contribution in [0.4, 0.5) is 0 Å². The van der Waals surface area contributed by atoms with Crippen LogP contribution in [0.15, 0.2) is 29.9 Å². The van der Waals surface area contributed by atoms with E-state index < -0.39 is 0 Å². The van der Waals surface area contributed by atoms with Gasteiger partial charge in [-0.05, 0) is 45.1 Å². The van der Waals surface area contributed by atoms with E-state index in [-0.39, 0.29) is 11.9 Å². The van der Waals surface area contributed by atoms with Gasteiger partial charge in [0.25, 0.3) is 5.91 Å². The highest BCUT2D eigenvalue weighted by Crippen LogP contribution is 2.17. The minimum atomic E-state index is -0.00239. The van der Waals surface area contributed by atoms with Crippen LogP contribution in [-0.2, 0) is 13.1 Å². The van der Waals surface area contributed by atoms with Crippen LogP contribution in [0.2, 0.25) is 0 Å². The van der Waals surface area contributed by atoms with Crippen molar-refractivity contribution in [3.05, 3.63) is 46.2 Å². The van der Waals surface area contributed by atoms with E-state index in [1.807, 2.05) is 36.5 Å². The summed E-state index contributed by atoms with van der Waals surface area (Å²) in [5.41, 5.74) is 1.62. The maximum atomic E-state index is 12.9. The van der Waals surface area contributed by atoms with Crippen LogP contribution in [0, 0.1) is 0 Å². The van der Waals surface area contributed by atoms with Gasteiger partial charge in [-0.2, -0.15) is 0 Å². The van der Waals surface area contributed by atoms with E-state index in [1.165, 1.54) is 11.3 Å². The second-order valence-electron chi connectivity index (χ2n) is 5.91. The highest BCUT2D eigenvalue weighted by atomic mass is 32.1. The molecule has 0 N–H and O–H groups in total. The number of pyridine rings is 1. The number of thiazole rings is 1. The van der Waals surface area contributed by atoms with Crippen LogP contribution in [0.3, 0.4) is 0 Å². The van der Waals surface area contributed by atoms with E-state index in [0.717, 1.165) is 23.5 Å². The van der Waals surface area contributed by atoms with Crippen LogP contribution in [0.5, 0.6) is 0 Å². The average Bonchev–Trinajstić information content (AvgIpc) is 3.00. The first kappa shape index (κ1) is 17.6. The molecule has 0 saturated heterocycles. The van der Waals surface area contributed by atoms with Crippen molar-refractivity contribution in [3.8, 4) is 0 Å². The highest BCUT2D eigenvalue weighted by Gasteiger charge is 2.23. The van der Waals surface area contributed by atoms with Gasteiger partial charge in [-0.3, -0.25) is 9.78 Å². The number of rotatable bonds is 7. The molecule has 2 aromatic heterocycles. The Balaban J connectivity index is 2.17. The minimum absolute atomic E-state index is 0.00239. The summed E-state index contributed by atoms with van der Waals surface area (Å²) in [6.07, 6.45) is 4.42. The summed E-state index contributed by atoms with van der Waals surface area (Å²) >= 11 is 1.54. The summed E-state index contributed by atoms with van der Waals surface area (Å²) < 4.78 is 0. The molecule has 1 atom stereocenters. The SMILES string of the molecule is CCC(C)N(Cc1ccncc1)C(=O)c1csc(CN(C)C)n1. The van der Waals surface area contributed by atoms with Gasteiger partial charge in [0.1, 0.15) is 10.7 Å². The molecule has 1 unspecified atom stereocenters. The van der Waals surface area contributed by atoms with E-state index in [1.54, 1.807) is 12.4 Å². The normalized spacial score (nSPS) is 12.4. The van der Waals surface area contributed by atoms with E-state index in [9.17, 15) is 4.79 Å². The van der Waals surface area contributed by atoms with Gasteiger partial charge in [0.15, 0.2) is 0 Å². The number of nitrogens with zero attached hydrogens (tertiary/aromatic N) is 4. The Bertz CT molecular complexity index is 627. The topological polar surface area (TPSA) is 49.3 Å². The molecule has 0 bridgehead atoms. The zero-order valence-corrected chi connectivity index (χ0v) is 15.0. The largest absolute Gasteiger partial charge is 0.330 e. The van der Waals surface area contributed by atoms with Crippen molar-refractivity contribution in [3.63, 3.8) is 0 Å². The van der Waals surface area contributed by atoms with Crippen molar-refractivity contribution in [2.45, 2.75) is 39.4 Å². The Morgan fingerprint density at radius 1 is 1.26 bits per heavy atom. The Labute approximate surface area is 142 Å². The number of hydrogen-bond donors (Lipinski definition) is 0. The molecule has 1 amide bonds. The number of hydrogen-bond acceptors (Lipinski definition) is 5. The molecule has 0 radical (unpaired) electrons. The lowest BCUT2D eigenvalue weighted by Gasteiger charge is -2.28. The molecule has 6 heteroatoms. The maximum absolute atomic E-state index is 12.9. The summed E-state index contributed by atoms with van der Waals surface area (Å²) in [4.78, 5) is 25.4. The zero-order chi connectivity index (χ0) is 16.8. The first-order valence-corrected chi connectivity index (χ1v) is 8.68. The van der Waals surface area contributed by atoms with E-state index >= 15 is 0 Å². The predicted molar refractivity (Wildman–Crippen MR) is 93.4 cm³/mol. The Morgan fingerprint density at radius 2 is 1.96 bits per heavy atom. The van der Waals surface area contributed by atoms with Gasteiger partial charge in [0.05, 0.1) is 0 Å². The van der Waals surface area contributed by atoms with Crippen molar-refractivity contribution < 1.29 is 4.79 Å². The van der Waals surface area contributed by atoms with Crippen molar-refractivity contribution in [1.29, 1.82) is 0 Å². The summed E-state index contributed by atoms with van der Waals surface area (Å²) in [7, 11) is 4.00. The third-order valence-corrected chi connectivity index (χ3v) is 4.54. The molecule has 2 heterocycles. The fraction of sp³-hybridized carbons (Fsp3) is 0.471. The van der Waals surface area contributed by atoms with Gasteiger partial charge >= 0.3 is 0 Å². The molecule has 124 valence electrons. The van der Waals surface area contributed by atoms with Gasteiger partial charge in [-0.25, -0.2) is 4.98 Å². The zero-order valence-electron chi connectivity index (χ0n) is 14.2. The van der Waals surface area contributed by atoms with Gasteiger partial charge in [0, 0.05) is 36.9 Å². The Hall–Kier alpha value is -1.79. The molecule has 0 fully saturated rings. The molecule has 0 aromatic carbocycles. The summed E-state index contributed by atoms with van der Waals surface area (Å²) in [6, 6.07) is 4.05. The molecule has 0 spiro atoms. The number of carbonyl (C=O) groups is 1. The summed E-state index contributed by atoms with van der Waals surface area (Å²) in [5.74, 6) is -0.00239. The van der Waals surface area contributed by atoms with Crippen molar-refractivity contribution >= 4 is 17.2 Å². The fourth-order valence-electron chi connectivity index (χ4n) is 2.23. The lowest BCUT2D eigenvalue weighted by molar-refractivity contribution is 0.0666. The van der Waals surface area contributed by atoms with Crippen LogP contribution in [0.25, 0.3) is 0 Å². The number of aromatic nitrogens is 2. The van der Waals surface area contributed by atoms with Crippen LogP contribution in [0.1, 0.15) is 41.3 Å². The smallest absolute Gasteiger partial charge is 0.273 e. The molecular formula is C17H24N4OS. The van der Waals surface area contributed by atoms with Crippen LogP contribution >= 0.6 is 11.3 Å². The molecule has 2 rings (SSSR count). The summed E-state index contributed by atoms with van der Waals surface area (Å²) in [5, 5.41) is 2.83. The third kappa shape index (κ3) is 4.84. The van der Waals surface area contributed by atoms with Gasteiger partial charge < -0.3 is 9.80 Å².